The zero-order valence-electron chi connectivity index (χ0n) is 16.3. The second-order valence-electron chi connectivity index (χ2n) is 7.13. The van der Waals surface area contributed by atoms with Crippen LogP contribution < -0.4 is 5.32 Å². The zero-order valence-corrected chi connectivity index (χ0v) is 17.2. The van der Waals surface area contributed by atoms with Crippen LogP contribution in [-0.4, -0.2) is 25.5 Å². The summed E-state index contributed by atoms with van der Waals surface area (Å²) in [6.45, 7) is 5.50. The van der Waals surface area contributed by atoms with Crippen LogP contribution in [-0.2, 0) is 13.6 Å². The van der Waals surface area contributed by atoms with E-state index in [0.29, 0.717) is 13.2 Å². The number of hydrogen-bond acceptors (Lipinski definition) is 4. The SMILES string of the molecule is CCCCCCOP(=O)(OCCCCCC)C1(NC)CCCCC1. The summed E-state index contributed by atoms with van der Waals surface area (Å²) in [7, 11) is -1.22. The van der Waals surface area contributed by atoms with E-state index in [4.69, 9.17) is 9.05 Å². The second-order valence-corrected chi connectivity index (χ2v) is 9.49. The van der Waals surface area contributed by atoms with Crippen LogP contribution in [0.3, 0.4) is 0 Å². The monoisotopic (exact) mass is 361 g/mol. The van der Waals surface area contributed by atoms with E-state index in [-0.39, 0.29) is 0 Å². The van der Waals surface area contributed by atoms with Crippen molar-refractivity contribution in [3.63, 3.8) is 0 Å². The maximum absolute atomic E-state index is 13.7. The van der Waals surface area contributed by atoms with Crippen molar-refractivity contribution in [3.05, 3.63) is 0 Å². The molecular weight excluding hydrogens is 321 g/mol. The molecule has 0 aliphatic heterocycles. The summed E-state index contributed by atoms with van der Waals surface area (Å²) in [6, 6.07) is 0. The van der Waals surface area contributed by atoms with Gasteiger partial charge in [-0.1, -0.05) is 71.6 Å². The lowest BCUT2D eigenvalue weighted by Gasteiger charge is -2.41. The van der Waals surface area contributed by atoms with Crippen molar-refractivity contribution < 1.29 is 13.6 Å². The van der Waals surface area contributed by atoms with Gasteiger partial charge in [-0.25, -0.2) is 0 Å². The summed E-state index contributed by atoms with van der Waals surface area (Å²) in [5, 5.41) is 2.88. The predicted octanol–water partition coefficient (Wildman–Crippen LogP) is 6.25. The Morgan fingerprint density at radius 3 is 1.75 bits per heavy atom. The molecule has 1 fully saturated rings. The van der Waals surface area contributed by atoms with E-state index in [1.54, 1.807) is 0 Å². The third kappa shape index (κ3) is 6.78. The lowest BCUT2D eigenvalue weighted by molar-refractivity contribution is 0.156. The third-order valence-corrected chi connectivity index (χ3v) is 7.95. The molecule has 1 rings (SSSR count). The van der Waals surface area contributed by atoms with E-state index in [1.165, 1.54) is 32.1 Å². The fraction of sp³-hybridized carbons (Fsp3) is 1.00. The van der Waals surface area contributed by atoms with Gasteiger partial charge in [0.15, 0.2) is 0 Å². The van der Waals surface area contributed by atoms with E-state index < -0.39 is 12.9 Å². The Labute approximate surface area is 150 Å². The van der Waals surface area contributed by atoms with Gasteiger partial charge < -0.3 is 14.4 Å². The van der Waals surface area contributed by atoms with Gasteiger partial charge in [0.05, 0.1) is 13.2 Å². The fourth-order valence-electron chi connectivity index (χ4n) is 3.51. The average molecular weight is 362 g/mol. The summed E-state index contributed by atoms with van der Waals surface area (Å²) < 4.78 is 25.7. The highest BCUT2D eigenvalue weighted by atomic mass is 31.2. The van der Waals surface area contributed by atoms with Crippen molar-refractivity contribution in [2.45, 2.75) is 103 Å². The van der Waals surface area contributed by atoms with Crippen molar-refractivity contribution in [2.24, 2.45) is 0 Å². The molecule has 0 heterocycles. The van der Waals surface area contributed by atoms with Crippen molar-refractivity contribution >= 4 is 7.60 Å². The van der Waals surface area contributed by atoms with Crippen LogP contribution in [0.15, 0.2) is 0 Å². The Balaban J connectivity index is 2.63. The maximum Gasteiger partial charge on any atom is 0.350 e. The van der Waals surface area contributed by atoms with Crippen LogP contribution in [0.2, 0.25) is 0 Å². The topological polar surface area (TPSA) is 47.6 Å². The van der Waals surface area contributed by atoms with Gasteiger partial charge in [0.25, 0.3) is 0 Å². The molecule has 1 aliphatic rings. The first kappa shape index (κ1) is 22.2. The molecule has 0 aromatic heterocycles. The van der Waals surface area contributed by atoms with Gasteiger partial charge in [-0.05, 0) is 32.7 Å². The molecule has 0 radical (unpaired) electrons. The van der Waals surface area contributed by atoms with E-state index in [9.17, 15) is 4.57 Å². The summed E-state index contributed by atoms with van der Waals surface area (Å²) in [5.74, 6) is 0. The van der Waals surface area contributed by atoms with Crippen LogP contribution in [0.1, 0.15) is 97.3 Å². The number of hydrogen-bond donors (Lipinski definition) is 1. The Morgan fingerprint density at radius 2 is 1.33 bits per heavy atom. The van der Waals surface area contributed by atoms with Crippen LogP contribution in [0.4, 0.5) is 0 Å². The van der Waals surface area contributed by atoms with Crippen molar-refractivity contribution in [3.8, 4) is 0 Å². The summed E-state index contributed by atoms with van der Waals surface area (Å²) >= 11 is 0. The lowest BCUT2D eigenvalue weighted by atomic mass is 9.95. The van der Waals surface area contributed by atoms with E-state index in [1.807, 2.05) is 7.05 Å². The first-order valence-corrected chi connectivity index (χ1v) is 11.8. The Kier molecular flexibility index (Phi) is 11.5. The molecule has 5 heteroatoms. The Morgan fingerprint density at radius 1 is 0.833 bits per heavy atom. The average Bonchev–Trinajstić information content (AvgIpc) is 2.62. The molecule has 1 saturated carbocycles. The van der Waals surface area contributed by atoms with E-state index in [0.717, 1.165) is 51.4 Å². The molecule has 0 bridgehead atoms. The number of nitrogens with one attached hydrogen (secondary N) is 1. The zero-order chi connectivity index (χ0) is 17.7. The van der Waals surface area contributed by atoms with Gasteiger partial charge in [-0.2, -0.15) is 0 Å². The Bertz CT molecular complexity index is 339. The van der Waals surface area contributed by atoms with Crippen LogP contribution >= 0.6 is 7.60 Å². The molecule has 1 N–H and O–H groups in total. The van der Waals surface area contributed by atoms with Crippen LogP contribution in [0.5, 0.6) is 0 Å². The highest BCUT2D eigenvalue weighted by molar-refractivity contribution is 7.55. The summed E-state index contributed by atoms with van der Waals surface area (Å²) in [4.78, 5) is 0. The largest absolute Gasteiger partial charge is 0.350 e. The van der Waals surface area contributed by atoms with Gasteiger partial charge >= 0.3 is 7.60 Å². The first-order valence-electron chi connectivity index (χ1n) is 10.2. The second kappa shape index (κ2) is 12.5. The highest BCUT2D eigenvalue weighted by Gasteiger charge is 2.50. The minimum absolute atomic E-state index is 0.471. The quantitative estimate of drug-likeness (QED) is 0.293. The van der Waals surface area contributed by atoms with Crippen molar-refractivity contribution in [1.82, 2.24) is 5.32 Å². The minimum atomic E-state index is -3.13. The molecule has 0 saturated heterocycles. The standard InChI is InChI=1S/C19H40NO3P/c1-4-6-8-13-17-22-24(21,23-18-14-9-7-5-2)19(20-3)15-11-10-12-16-19/h20H,4-18H2,1-3H3. The third-order valence-electron chi connectivity index (χ3n) is 5.19. The minimum Gasteiger partial charge on any atom is -0.307 e. The molecule has 4 nitrogen and oxygen atoms in total. The van der Waals surface area contributed by atoms with Crippen LogP contribution in [0, 0.1) is 0 Å². The normalized spacial score (nSPS) is 18.0. The smallest absolute Gasteiger partial charge is 0.307 e. The molecular formula is C19H40NO3P. The maximum atomic E-state index is 13.7. The molecule has 0 atom stereocenters. The fourth-order valence-corrected chi connectivity index (χ4v) is 5.95. The number of unbranched alkanes of at least 4 members (excludes halogenated alkanes) is 6. The van der Waals surface area contributed by atoms with Gasteiger partial charge in [0.1, 0.15) is 5.28 Å². The molecule has 0 aromatic carbocycles. The van der Waals surface area contributed by atoms with E-state index in [2.05, 4.69) is 19.2 Å². The van der Waals surface area contributed by atoms with Crippen molar-refractivity contribution in [1.29, 1.82) is 0 Å². The van der Waals surface area contributed by atoms with Gasteiger partial charge in [0.2, 0.25) is 0 Å². The molecule has 0 unspecified atom stereocenters. The molecule has 0 amide bonds. The first-order chi connectivity index (χ1) is 11.6. The van der Waals surface area contributed by atoms with Gasteiger partial charge in [0, 0.05) is 0 Å². The van der Waals surface area contributed by atoms with Crippen molar-refractivity contribution in [2.75, 3.05) is 20.3 Å². The number of rotatable bonds is 14. The Hall–Kier alpha value is 0.110. The summed E-state index contributed by atoms with van der Waals surface area (Å²) in [5.41, 5.74) is 0. The van der Waals surface area contributed by atoms with Crippen LogP contribution in [0.25, 0.3) is 0 Å². The molecule has 144 valence electrons. The molecule has 0 spiro atoms. The summed E-state index contributed by atoms with van der Waals surface area (Å²) in [6.07, 6.45) is 14.2. The highest BCUT2D eigenvalue weighted by Crippen LogP contribution is 2.63. The predicted molar refractivity (Wildman–Crippen MR) is 103 cm³/mol. The molecule has 1 aliphatic carbocycles. The van der Waals surface area contributed by atoms with E-state index >= 15 is 0 Å². The van der Waals surface area contributed by atoms with Gasteiger partial charge in [-0.15, -0.1) is 0 Å². The molecule has 24 heavy (non-hydrogen) atoms. The molecule has 0 aromatic rings. The van der Waals surface area contributed by atoms with Gasteiger partial charge in [-0.3, -0.25) is 4.57 Å². The lowest BCUT2D eigenvalue weighted by Crippen LogP contribution is -2.45.